The maximum Gasteiger partial charge on any atom is 1.00 e. The minimum Gasteiger partial charge on any atom is -0.545 e. The molecule has 0 fully saturated rings. The predicted octanol–water partition coefficient (Wildman–Crippen LogP) is -3.21. The van der Waals surface area contributed by atoms with Crippen LogP contribution < -0.4 is 34.7 Å². The molecule has 0 aromatic rings. The summed E-state index contributed by atoms with van der Waals surface area (Å²) in [6.45, 7) is 3.48. The number of aliphatic carboxylic acids is 1. The first-order valence-electron chi connectivity index (χ1n) is 2.51. The van der Waals surface area contributed by atoms with Gasteiger partial charge in [-0.3, -0.25) is 0 Å². The number of carboxylic acid groups (broad SMARTS) is 1. The molecule has 10 heavy (non-hydrogen) atoms. The molecular weight excluding hydrogens is 139 g/mol. The first-order valence-corrected chi connectivity index (χ1v) is 2.51. The maximum absolute atomic E-state index is 10.1. The van der Waals surface area contributed by atoms with Crippen molar-refractivity contribution in [2.45, 2.75) is 0 Å². The molecule has 0 bridgehead atoms. The van der Waals surface area contributed by atoms with E-state index in [-0.39, 0.29) is 35.1 Å². The van der Waals surface area contributed by atoms with Crippen LogP contribution in [0.2, 0.25) is 0 Å². The van der Waals surface area contributed by atoms with E-state index in [9.17, 15) is 9.90 Å². The Morgan fingerprint density at radius 2 is 2.20 bits per heavy atom. The predicted molar refractivity (Wildman–Crippen MR) is 31.4 cm³/mol. The van der Waals surface area contributed by atoms with Gasteiger partial charge in [0.2, 0.25) is 0 Å². The Labute approximate surface area is 81.2 Å². The van der Waals surface area contributed by atoms with Gasteiger partial charge in [-0.15, -0.1) is 0 Å². The van der Waals surface area contributed by atoms with Gasteiger partial charge in [0, 0.05) is 5.57 Å². The van der Waals surface area contributed by atoms with Gasteiger partial charge >= 0.3 is 29.6 Å². The van der Waals surface area contributed by atoms with E-state index in [1.54, 1.807) is 12.2 Å². The van der Waals surface area contributed by atoms with E-state index in [0.29, 0.717) is 5.57 Å². The molecule has 0 aromatic heterocycles. The molecule has 0 spiro atoms. The van der Waals surface area contributed by atoms with Crippen LogP contribution in [0.25, 0.3) is 0 Å². The van der Waals surface area contributed by atoms with Crippen LogP contribution in [-0.4, -0.2) is 5.97 Å². The number of allylic oxidation sites excluding steroid dienone is 3. The summed E-state index contributed by atoms with van der Waals surface area (Å²) in [7, 11) is 0. The molecule has 3 heteroatoms. The quantitative estimate of drug-likeness (QED) is 0.363. The van der Waals surface area contributed by atoms with E-state index < -0.39 is 5.97 Å². The van der Waals surface area contributed by atoms with Gasteiger partial charge in [-0.1, -0.05) is 24.8 Å². The Bertz CT molecular complexity index is 226. The fraction of sp³-hybridized carbons (Fsp3) is 0. The van der Waals surface area contributed by atoms with Gasteiger partial charge in [-0.25, -0.2) is 0 Å². The first kappa shape index (κ1) is 9.69. The Kier molecular flexibility index (Phi) is 3.64. The van der Waals surface area contributed by atoms with Crippen molar-refractivity contribution in [2.75, 3.05) is 0 Å². The van der Waals surface area contributed by atoms with E-state index >= 15 is 0 Å². The van der Waals surface area contributed by atoms with Crippen LogP contribution in [0.1, 0.15) is 0 Å². The molecule has 1 rings (SSSR count). The number of carbonyl (C=O) groups is 1. The molecule has 0 aliphatic heterocycles. The molecule has 0 saturated heterocycles. The smallest absolute Gasteiger partial charge is 0.545 e. The van der Waals surface area contributed by atoms with Gasteiger partial charge in [0.15, 0.2) is 0 Å². The summed E-state index contributed by atoms with van der Waals surface area (Å²) < 4.78 is 0. The SMILES string of the molecule is C=C1C=CC=C1C(=O)[O-].[Na+]. The fourth-order valence-corrected chi connectivity index (χ4v) is 0.656. The van der Waals surface area contributed by atoms with Crippen LogP contribution in [0.15, 0.2) is 36.0 Å². The molecule has 0 aromatic carbocycles. The summed E-state index contributed by atoms with van der Waals surface area (Å²) >= 11 is 0. The van der Waals surface area contributed by atoms with Crippen molar-refractivity contribution < 1.29 is 39.5 Å². The summed E-state index contributed by atoms with van der Waals surface area (Å²) in [6, 6.07) is 0. The maximum atomic E-state index is 10.1. The van der Waals surface area contributed by atoms with Gasteiger partial charge in [-0.2, -0.15) is 0 Å². The second-order valence-corrected chi connectivity index (χ2v) is 1.75. The molecule has 0 N–H and O–H groups in total. The molecule has 0 heterocycles. The van der Waals surface area contributed by atoms with Gasteiger partial charge in [0.25, 0.3) is 0 Å². The van der Waals surface area contributed by atoms with Gasteiger partial charge in [0.1, 0.15) is 0 Å². The normalized spacial score (nSPS) is 14.4. The van der Waals surface area contributed by atoms with Gasteiger partial charge in [0.05, 0.1) is 5.97 Å². The van der Waals surface area contributed by atoms with Crippen LogP contribution in [0.4, 0.5) is 0 Å². The van der Waals surface area contributed by atoms with E-state index in [2.05, 4.69) is 6.58 Å². The molecule has 0 atom stereocenters. The van der Waals surface area contributed by atoms with Crippen LogP contribution in [0, 0.1) is 0 Å². The van der Waals surface area contributed by atoms with Crippen molar-refractivity contribution in [3.05, 3.63) is 36.0 Å². The number of carboxylic acids is 1. The average Bonchev–Trinajstić information content (AvgIpc) is 2.13. The van der Waals surface area contributed by atoms with E-state index in [4.69, 9.17) is 0 Å². The second kappa shape index (κ2) is 3.76. The number of hydrogen-bond donors (Lipinski definition) is 0. The minimum atomic E-state index is -1.16. The molecule has 1 aliphatic rings. The Balaban J connectivity index is 0.000000810. The molecule has 46 valence electrons. The molecule has 0 radical (unpaired) electrons. The Morgan fingerprint density at radius 3 is 2.40 bits per heavy atom. The summed E-state index contributed by atoms with van der Waals surface area (Å²) in [6.07, 6.45) is 4.73. The zero-order valence-corrected chi connectivity index (χ0v) is 7.76. The van der Waals surface area contributed by atoms with Crippen molar-refractivity contribution in [1.29, 1.82) is 0 Å². The minimum absolute atomic E-state index is 0. The molecule has 1 aliphatic carbocycles. The van der Waals surface area contributed by atoms with Gasteiger partial charge in [-0.05, 0) is 5.57 Å². The summed E-state index contributed by atoms with van der Waals surface area (Å²) in [5.74, 6) is -1.16. The Morgan fingerprint density at radius 1 is 1.60 bits per heavy atom. The van der Waals surface area contributed by atoms with Crippen molar-refractivity contribution in [1.82, 2.24) is 0 Å². The summed E-state index contributed by atoms with van der Waals surface area (Å²) in [5.41, 5.74) is 0.685. The molecule has 0 amide bonds. The third kappa shape index (κ3) is 1.84. The molecule has 2 nitrogen and oxygen atoms in total. The van der Waals surface area contributed by atoms with E-state index in [0.717, 1.165) is 0 Å². The largest absolute Gasteiger partial charge is 1.00 e. The molecule has 0 saturated carbocycles. The fourth-order valence-electron chi connectivity index (χ4n) is 0.656. The van der Waals surface area contributed by atoms with Crippen LogP contribution in [-0.2, 0) is 4.79 Å². The molecule has 0 unspecified atom stereocenters. The second-order valence-electron chi connectivity index (χ2n) is 1.75. The third-order valence-electron chi connectivity index (χ3n) is 1.13. The zero-order chi connectivity index (χ0) is 6.85. The van der Waals surface area contributed by atoms with Crippen LogP contribution in [0.5, 0.6) is 0 Å². The standard InChI is InChI=1S/C7H6O2.Na/c1-5-3-2-4-6(5)7(8)9;/h2-4H,1H2,(H,8,9);/q;+1/p-1. The van der Waals surface area contributed by atoms with E-state index in [1.165, 1.54) is 6.08 Å². The summed E-state index contributed by atoms with van der Waals surface area (Å²) in [5, 5.41) is 10.1. The zero-order valence-electron chi connectivity index (χ0n) is 5.76. The van der Waals surface area contributed by atoms with Crippen LogP contribution in [0.3, 0.4) is 0 Å². The number of carbonyl (C=O) groups excluding carboxylic acids is 1. The number of hydrogen-bond acceptors (Lipinski definition) is 2. The van der Waals surface area contributed by atoms with E-state index in [1.807, 2.05) is 0 Å². The average molecular weight is 144 g/mol. The Hall–Kier alpha value is -0.310. The first-order chi connectivity index (χ1) is 4.22. The number of rotatable bonds is 1. The third-order valence-corrected chi connectivity index (χ3v) is 1.13. The van der Waals surface area contributed by atoms with Crippen molar-refractivity contribution in [2.24, 2.45) is 0 Å². The van der Waals surface area contributed by atoms with Crippen LogP contribution >= 0.6 is 0 Å². The van der Waals surface area contributed by atoms with Crippen molar-refractivity contribution in [3.8, 4) is 0 Å². The van der Waals surface area contributed by atoms with Crippen molar-refractivity contribution >= 4 is 5.97 Å². The molecular formula is C7H5NaO2. The van der Waals surface area contributed by atoms with Gasteiger partial charge < -0.3 is 9.90 Å². The topological polar surface area (TPSA) is 40.1 Å². The monoisotopic (exact) mass is 144 g/mol. The summed E-state index contributed by atoms with van der Waals surface area (Å²) in [4.78, 5) is 10.1. The van der Waals surface area contributed by atoms with Crippen molar-refractivity contribution in [3.63, 3.8) is 0 Å².